The average Bonchev–Trinajstić information content (AvgIpc) is 3.00. The lowest BCUT2D eigenvalue weighted by molar-refractivity contribution is 0.0974. The number of aromatic nitrogens is 1. The molecule has 1 aromatic rings. The SMILES string of the molecule is O=C1C(CN2CC2)=CC(=O)c2c1c(CO)c1n2CCC1. The Morgan fingerprint density at radius 1 is 1.20 bits per heavy atom. The molecule has 4 rings (SSSR count). The number of ketones is 2. The first kappa shape index (κ1) is 12.1. The molecule has 0 spiro atoms. The molecule has 1 saturated heterocycles. The summed E-state index contributed by atoms with van der Waals surface area (Å²) in [6, 6.07) is 0. The van der Waals surface area contributed by atoms with Crippen molar-refractivity contribution in [2.24, 2.45) is 0 Å². The molecule has 0 radical (unpaired) electrons. The number of carbonyl (C=O) groups is 2. The smallest absolute Gasteiger partial charge is 0.203 e. The minimum Gasteiger partial charge on any atom is -0.392 e. The van der Waals surface area contributed by atoms with E-state index < -0.39 is 0 Å². The highest BCUT2D eigenvalue weighted by atomic mass is 16.3. The van der Waals surface area contributed by atoms with E-state index in [0.29, 0.717) is 28.9 Å². The molecule has 1 fully saturated rings. The Morgan fingerprint density at radius 3 is 2.70 bits per heavy atom. The lowest BCUT2D eigenvalue weighted by atomic mass is 9.91. The molecular formula is C15H16N2O3. The summed E-state index contributed by atoms with van der Waals surface area (Å²) in [7, 11) is 0. The third kappa shape index (κ3) is 1.57. The predicted octanol–water partition coefficient (Wildman–Crippen LogP) is 0.548. The van der Waals surface area contributed by atoms with E-state index in [2.05, 4.69) is 4.90 Å². The van der Waals surface area contributed by atoms with Crippen LogP contribution in [0.25, 0.3) is 0 Å². The zero-order valence-corrected chi connectivity index (χ0v) is 11.2. The Labute approximate surface area is 116 Å². The zero-order chi connectivity index (χ0) is 13.9. The second-order valence-electron chi connectivity index (χ2n) is 5.70. The van der Waals surface area contributed by atoms with Crippen molar-refractivity contribution in [3.8, 4) is 0 Å². The van der Waals surface area contributed by atoms with Gasteiger partial charge < -0.3 is 9.67 Å². The number of Topliss-reactive ketones (excluding diaryl/α,β-unsaturated/α-hetero) is 1. The van der Waals surface area contributed by atoms with Crippen molar-refractivity contribution in [3.63, 3.8) is 0 Å². The summed E-state index contributed by atoms with van der Waals surface area (Å²) in [4.78, 5) is 27.1. The van der Waals surface area contributed by atoms with Crippen LogP contribution in [0.2, 0.25) is 0 Å². The van der Waals surface area contributed by atoms with E-state index in [1.54, 1.807) is 0 Å². The van der Waals surface area contributed by atoms with Gasteiger partial charge in [0.15, 0.2) is 5.78 Å². The molecule has 104 valence electrons. The predicted molar refractivity (Wildman–Crippen MR) is 71.9 cm³/mol. The van der Waals surface area contributed by atoms with E-state index in [0.717, 1.165) is 38.2 Å². The topological polar surface area (TPSA) is 62.3 Å². The molecule has 0 bridgehead atoms. The van der Waals surface area contributed by atoms with Gasteiger partial charge in [-0.25, -0.2) is 0 Å². The van der Waals surface area contributed by atoms with Crippen LogP contribution in [0, 0.1) is 0 Å². The maximum atomic E-state index is 12.6. The van der Waals surface area contributed by atoms with E-state index in [1.807, 2.05) is 4.57 Å². The second kappa shape index (κ2) is 4.14. The van der Waals surface area contributed by atoms with Crippen LogP contribution in [-0.4, -0.2) is 45.8 Å². The van der Waals surface area contributed by atoms with Gasteiger partial charge >= 0.3 is 0 Å². The minimum atomic E-state index is -0.166. The van der Waals surface area contributed by atoms with E-state index in [4.69, 9.17) is 0 Å². The van der Waals surface area contributed by atoms with Crippen molar-refractivity contribution in [3.05, 3.63) is 34.2 Å². The van der Waals surface area contributed by atoms with Crippen LogP contribution in [0.5, 0.6) is 0 Å². The van der Waals surface area contributed by atoms with Crippen LogP contribution < -0.4 is 0 Å². The monoisotopic (exact) mass is 272 g/mol. The standard InChI is InChI=1S/C15H16N2O3/c18-8-10-11-2-1-3-17(11)14-12(19)6-9(7-16-4-5-16)15(20)13(10)14/h6,18H,1-5,7-8H2. The summed E-state index contributed by atoms with van der Waals surface area (Å²) >= 11 is 0. The Kier molecular flexibility index (Phi) is 2.49. The Balaban J connectivity index is 1.85. The number of hydrogen-bond acceptors (Lipinski definition) is 4. The number of rotatable bonds is 3. The molecule has 0 atom stereocenters. The zero-order valence-electron chi connectivity index (χ0n) is 11.2. The van der Waals surface area contributed by atoms with Crippen molar-refractivity contribution >= 4 is 11.6 Å². The van der Waals surface area contributed by atoms with Crippen LogP contribution in [0.1, 0.15) is 38.5 Å². The van der Waals surface area contributed by atoms with Crippen LogP contribution >= 0.6 is 0 Å². The number of fused-ring (bicyclic) bond motifs is 3. The molecule has 20 heavy (non-hydrogen) atoms. The highest BCUT2D eigenvalue weighted by Crippen LogP contribution is 2.34. The van der Waals surface area contributed by atoms with Gasteiger partial charge in [0.2, 0.25) is 5.78 Å². The van der Waals surface area contributed by atoms with Gasteiger partial charge in [0, 0.05) is 43.0 Å². The summed E-state index contributed by atoms with van der Waals surface area (Å²) in [6.45, 7) is 3.14. The molecule has 1 N–H and O–H groups in total. The molecule has 1 aromatic heterocycles. The molecule has 5 heteroatoms. The van der Waals surface area contributed by atoms with Crippen LogP contribution in [0.15, 0.2) is 11.6 Å². The Hall–Kier alpha value is -1.72. The van der Waals surface area contributed by atoms with E-state index >= 15 is 0 Å². The number of hydrogen-bond donors (Lipinski definition) is 1. The molecular weight excluding hydrogens is 256 g/mol. The molecule has 3 heterocycles. The molecule has 0 unspecified atom stereocenters. The quantitative estimate of drug-likeness (QED) is 0.816. The number of allylic oxidation sites excluding steroid dienone is 1. The third-order valence-electron chi connectivity index (χ3n) is 4.43. The summed E-state index contributed by atoms with van der Waals surface area (Å²) in [6.07, 6.45) is 3.31. The Bertz CT molecular complexity index is 665. The van der Waals surface area contributed by atoms with E-state index in [1.165, 1.54) is 6.08 Å². The first-order valence-corrected chi connectivity index (χ1v) is 7.07. The van der Waals surface area contributed by atoms with Gasteiger partial charge in [0.05, 0.1) is 12.2 Å². The van der Waals surface area contributed by atoms with Gasteiger partial charge in [-0.3, -0.25) is 14.5 Å². The second-order valence-corrected chi connectivity index (χ2v) is 5.70. The fraction of sp³-hybridized carbons (Fsp3) is 0.467. The van der Waals surface area contributed by atoms with Gasteiger partial charge in [-0.05, 0) is 18.9 Å². The first-order chi connectivity index (χ1) is 9.70. The summed E-state index contributed by atoms with van der Waals surface area (Å²) < 4.78 is 1.94. The molecule has 2 aliphatic heterocycles. The molecule has 3 aliphatic rings. The highest BCUT2D eigenvalue weighted by Gasteiger charge is 2.37. The fourth-order valence-electron chi connectivity index (χ4n) is 3.37. The molecule has 0 aromatic carbocycles. The largest absolute Gasteiger partial charge is 0.392 e. The van der Waals surface area contributed by atoms with Crippen LogP contribution in [0.4, 0.5) is 0 Å². The summed E-state index contributed by atoms with van der Waals surface area (Å²) in [5.74, 6) is -0.156. The number of nitrogens with zero attached hydrogens (tertiary/aromatic N) is 2. The lowest BCUT2D eigenvalue weighted by Gasteiger charge is -2.15. The average molecular weight is 272 g/mol. The van der Waals surface area contributed by atoms with Gasteiger partial charge in [0.1, 0.15) is 5.69 Å². The summed E-state index contributed by atoms with van der Waals surface area (Å²) in [5.41, 5.74) is 3.18. The van der Waals surface area contributed by atoms with Crippen LogP contribution in [-0.2, 0) is 19.6 Å². The number of carbonyl (C=O) groups excluding carboxylic acids is 2. The normalized spacial score (nSPS) is 20.9. The Morgan fingerprint density at radius 2 is 2.00 bits per heavy atom. The molecule has 0 amide bonds. The van der Waals surface area contributed by atoms with E-state index in [9.17, 15) is 14.7 Å². The van der Waals surface area contributed by atoms with E-state index in [-0.39, 0.29) is 18.2 Å². The molecule has 0 saturated carbocycles. The van der Waals surface area contributed by atoms with Gasteiger partial charge in [-0.1, -0.05) is 0 Å². The van der Waals surface area contributed by atoms with Crippen molar-refractivity contribution in [1.82, 2.24) is 9.47 Å². The van der Waals surface area contributed by atoms with Crippen molar-refractivity contribution < 1.29 is 14.7 Å². The maximum absolute atomic E-state index is 12.6. The van der Waals surface area contributed by atoms with Crippen LogP contribution in [0.3, 0.4) is 0 Å². The number of aliphatic hydroxyl groups excluding tert-OH is 1. The first-order valence-electron chi connectivity index (χ1n) is 7.07. The number of aliphatic hydroxyl groups is 1. The van der Waals surface area contributed by atoms with Crippen molar-refractivity contribution in [2.75, 3.05) is 19.6 Å². The lowest BCUT2D eigenvalue weighted by Crippen LogP contribution is -2.23. The van der Waals surface area contributed by atoms with Crippen molar-refractivity contribution in [1.29, 1.82) is 0 Å². The van der Waals surface area contributed by atoms with Gasteiger partial charge in [0.25, 0.3) is 0 Å². The minimum absolute atomic E-state index is 0.0718. The summed E-state index contributed by atoms with van der Waals surface area (Å²) in [5, 5.41) is 9.62. The van der Waals surface area contributed by atoms with Gasteiger partial charge in [-0.2, -0.15) is 0 Å². The molecule has 1 aliphatic carbocycles. The fourth-order valence-corrected chi connectivity index (χ4v) is 3.37. The molecule has 5 nitrogen and oxygen atoms in total. The maximum Gasteiger partial charge on any atom is 0.203 e. The van der Waals surface area contributed by atoms with Crippen molar-refractivity contribution in [2.45, 2.75) is 26.0 Å². The third-order valence-corrected chi connectivity index (χ3v) is 4.43. The highest BCUT2D eigenvalue weighted by molar-refractivity contribution is 6.25. The van der Waals surface area contributed by atoms with Gasteiger partial charge in [-0.15, -0.1) is 0 Å².